The van der Waals surface area contributed by atoms with Gasteiger partial charge in [0.25, 0.3) is 0 Å². The van der Waals surface area contributed by atoms with Gasteiger partial charge < -0.3 is 0 Å². The molecule has 0 aliphatic heterocycles. The highest BCUT2D eigenvalue weighted by molar-refractivity contribution is 5.96. The number of benzene rings is 5. The van der Waals surface area contributed by atoms with E-state index in [-0.39, 0.29) is 0 Å². The van der Waals surface area contributed by atoms with Crippen molar-refractivity contribution >= 4 is 11.8 Å². The molecule has 2 heteroatoms. The highest BCUT2D eigenvalue weighted by Crippen LogP contribution is 2.41. The summed E-state index contributed by atoms with van der Waals surface area (Å²) in [5, 5.41) is 9.13. The molecule has 0 saturated heterocycles. The monoisotopic (exact) mass is 548 g/mol. The Labute approximate surface area is 251 Å². The maximum Gasteiger partial charge on any atom is 0.0862 e. The van der Waals surface area contributed by atoms with Crippen molar-refractivity contribution in [2.45, 2.75) is 52.4 Å². The fourth-order valence-corrected chi connectivity index (χ4v) is 5.44. The fraction of sp³-hybridized carbons (Fsp3) is 0.200. The third kappa shape index (κ3) is 7.59. The quantitative estimate of drug-likeness (QED) is 0.139. The van der Waals surface area contributed by atoms with Crippen molar-refractivity contribution in [3.63, 3.8) is 0 Å². The Morgan fingerprint density at radius 3 is 1.50 bits per heavy atom. The number of hydrogen-bond acceptors (Lipinski definition) is 2. The summed E-state index contributed by atoms with van der Waals surface area (Å²) in [6, 6.07) is 43.2. The second-order valence-corrected chi connectivity index (χ2v) is 10.8. The number of unbranched alkanes of at least 4 members (excludes halogenated alkanes) is 2. The van der Waals surface area contributed by atoms with Crippen molar-refractivity contribution in [2.75, 3.05) is 0 Å². The smallest absolute Gasteiger partial charge is 0.0862 e. The van der Waals surface area contributed by atoms with Gasteiger partial charge in [0.2, 0.25) is 0 Å². The molecule has 0 aromatic heterocycles. The normalized spacial score (nSPS) is 11.5. The molecule has 0 fully saturated rings. The molecule has 5 aromatic carbocycles. The molecule has 0 N–H and O–H groups in total. The van der Waals surface area contributed by atoms with Gasteiger partial charge in [-0.2, -0.15) is 10.2 Å². The first kappa shape index (κ1) is 29.0. The molecule has 2 nitrogen and oxygen atoms in total. The second kappa shape index (κ2) is 14.9. The van der Waals surface area contributed by atoms with Gasteiger partial charge in [-0.25, -0.2) is 0 Å². The Balaban J connectivity index is 1.54. The fourth-order valence-electron chi connectivity index (χ4n) is 5.44. The second-order valence-electron chi connectivity index (χ2n) is 10.8. The van der Waals surface area contributed by atoms with Crippen LogP contribution in [0.5, 0.6) is 0 Å². The molecular formula is C40H40N2. The molecule has 210 valence electrons. The Kier molecular flexibility index (Phi) is 10.3. The first-order chi connectivity index (χ1) is 20.7. The average Bonchev–Trinajstić information content (AvgIpc) is 3.05. The minimum absolute atomic E-state index is 0.939. The lowest BCUT2D eigenvalue weighted by Gasteiger charge is -2.18. The topological polar surface area (TPSA) is 24.7 Å². The van der Waals surface area contributed by atoms with Crippen LogP contribution < -0.4 is 0 Å². The van der Waals surface area contributed by atoms with Crippen molar-refractivity contribution in [2.24, 2.45) is 10.2 Å². The van der Waals surface area contributed by atoms with E-state index in [0.717, 1.165) is 24.1 Å². The van der Waals surface area contributed by atoms with Gasteiger partial charge in [-0.1, -0.05) is 124 Å². The lowest BCUT2D eigenvalue weighted by Crippen LogP contribution is -1.92. The highest BCUT2D eigenvalue weighted by Gasteiger charge is 2.15. The van der Waals surface area contributed by atoms with Gasteiger partial charge in [-0.05, 0) is 106 Å². The van der Waals surface area contributed by atoms with E-state index in [0.29, 0.717) is 0 Å². The summed E-state index contributed by atoms with van der Waals surface area (Å²) in [7, 11) is 0. The lowest BCUT2D eigenvalue weighted by atomic mass is 9.86. The number of azo groups is 1. The van der Waals surface area contributed by atoms with Crippen LogP contribution in [0.15, 0.2) is 138 Å². The molecule has 42 heavy (non-hydrogen) atoms. The van der Waals surface area contributed by atoms with E-state index >= 15 is 0 Å². The number of nitrogens with zero attached hydrogens (tertiary/aromatic N) is 2. The molecular weight excluding hydrogens is 508 g/mol. The third-order valence-electron chi connectivity index (χ3n) is 7.57. The van der Waals surface area contributed by atoms with Crippen molar-refractivity contribution in [3.8, 4) is 33.4 Å². The minimum Gasteiger partial charge on any atom is -0.159 e. The first-order valence-electron chi connectivity index (χ1n) is 15.3. The van der Waals surface area contributed by atoms with E-state index in [1.54, 1.807) is 0 Å². The van der Waals surface area contributed by atoms with Gasteiger partial charge in [-0.3, -0.25) is 0 Å². The molecule has 0 spiro atoms. The van der Waals surface area contributed by atoms with Crippen LogP contribution in [-0.4, -0.2) is 0 Å². The third-order valence-corrected chi connectivity index (χ3v) is 7.57. The van der Waals surface area contributed by atoms with Crippen molar-refractivity contribution in [3.05, 3.63) is 144 Å². The summed E-state index contributed by atoms with van der Waals surface area (Å²) >= 11 is 0. The zero-order valence-electron chi connectivity index (χ0n) is 24.8. The van der Waals surface area contributed by atoms with E-state index in [1.165, 1.54) is 70.2 Å². The summed E-state index contributed by atoms with van der Waals surface area (Å²) in [6.07, 6.45) is 10.8. The molecule has 0 amide bonds. The van der Waals surface area contributed by atoms with Crippen molar-refractivity contribution < 1.29 is 0 Å². The number of hydrogen-bond donors (Lipinski definition) is 0. The zero-order chi connectivity index (χ0) is 29.0. The largest absolute Gasteiger partial charge is 0.159 e. The molecule has 0 aliphatic carbocycles. The molecule has 0 unspecified atom stereocenters. The maximum atomic E-state index is 4.62. The molecule has 0 atom stereocenters. The van der Waals surface area contributed by atoms with Gasteiger partial charge in [-0.15, -0.1) is 0 Å². The molecule has 5 aromatic rings. The molecule has 0 heterocycles. The first-order valence-corrected chi connectivity index (χ1v) is 15.3. The van der Waals surface area contributed by atoms with Crippen LogP contribution in [-0.2, 0) is 12.8 Å². The van der Waals surface area contributed by atoms with Crippen molar-refractivity contribution in [1.29, 1.82) is 0 Å². The van der Waals surface area contributed by atoms with Crippen molar-refractivity contribution in [1.82, 2.24) is 0 Å². The Hall–Kier alpha value is -4.56. The Bertz CT molecular complexity index is 1530. The molecule has 5 rings (SSSR count). The Morgan fingerprint density at radius 1 is 0.548 bits per heavy atom. The summed E-state index contributed by atoms with van der Waals surface area (Å²) in [6.45, 7) is 4.48. The predicted octanol–water partition coefficient (Wildman–Crippen LogP) is 12.1. The van der Waals surface area contributed by atoms with Gasteiger partial charge in [0.15, 0.2) is 0 Å². The van der Waals surface area contributed by atoms with Gasteiger partial charge in [0.1, 0.15) is 0 Å². The van der Waals surface area contributed by atoms with E-state index in [4.69, 9.17) is 0 Å². The highest BCUT2D eigenvalue weighted by atomic mass is 15.1. The molecule has 0 bridgehead atoms. The van der Waals surface area contributed by atoms with E-state index in [2.05, 4.69) is 151 Å². The molecule has 0 radical (unpaired) electrons. The zero-order valence-corrected chi connectivity index (χ0v) is 24.8. The van der Waals surface area contributed by atoms with Crippen LogP contribution in [0.1, 0.15) is 56.2 Å². The summed E-state index contributed by atoms with van der Waals surface area (Å²) in [5.41, 5.74) is 12.0. The minimum atomic E-state index is 0.939. The standard InChI is InChI=1S/C40H40N2/c1-3-5-16-31-26-32(17-6-4-2)28-37(27-31)42-41-25-24-33-29-38(34-18-10-7-11-19-34)40(36-22-14-9-15-23-36)39(30-33)35-20-12-8-13-21-35/h7-15,18-30H,3-6,16-17H2,1-2H3. The van der Waals surface area contributed by atoms with Crippen LogP contribution in [0.25, 0.3) is 39.5 Å². The summed E-state index contributed by atoms with van der Waals surface area (Å²) < 4.78 is 0. The van der Waals surface area contributed by atoms with Crippen LogP contribution in [0.4, 0.5) is 5.69 Å². The van der Waals surface area contributed by atoms with Crippen LogP contribution in [0.3, 0.4) is 0 Å². The Morgan fingerprint density at radius 2 is 1.02 bits per heavy atom. The summed E-state index contributed by atoms with van der Waals surface area (Å²) in [5.74, 6) is 0. The van der Waals surface area contributed by atoms with Gasteiger partial charge in [0, 0.05) is 0 Å². The predicted molar refractivity (Wildman–Crippen MR) is 180 cm³/mol. The van der Waals surface area contributed by atoms with Crippen LogP contribution in [0.2, 0.25) is 0 Å². The van der Waals surface area contributed by atoms with E-state index in [9.17, 15) is 0 Å². The summed E-state index contributed by atoms with van der Waals surface area (Å²) in [4.78, 5) is 0. The van der Waals surface area contributed by atoms with Gasteiger partial charge in [0.05, 0.1) is 11.9 Å². The SMILES string of the molecule is CCCCc1cc(CCCC)cc(N=NC=Cc2cc(-c3ccccc3)c(-c3ccccc3)c(-c3ccccc3)c2)c1. The molecule has 0 saturated carbocycles. The van der Waals surface area contributed by atoms with Gasteiger partial charge >= 0.3 is 0 Å². The number of rotatable bonds is 12. The average molecular weight is 549 g/mol. The lowest BCUT2D eigenvalue weighted by molar-refractivity contribution is 0.780. The van der Waals surface area contributed by atoms with E-state index < -0.39 is 0 Å². The van der Waals surface area contributed by atoms with E-state index in [1.807, 2.05) is 6.20 Å². The molecule has 0 aliphatic rings. The maximum absolute atomic E-state index is 4.62. The number of aryl methyl sites for hydroxylation is 2. The van der Waals surface area contributed by atoms with Crippen LogP contribution in [0, 0.1) is 0 Å². The van der Waals surface area contributed by atoms with Crippen LogP contribution >= 0.6 is 0 Å².